The van der Waals surface area contributed by atoms with Gasteiger partial charge in [0.1, 0.15) is 12.4 Å². The molecule has 1 N–H and O–H groups in total. The lowest BCUT2D eigenvalue weighted by molar-refractivity contribution is 0.300. The number of nitrogens with one attached hydrogen (secondary N) is 1. The maximum absolute atomic E-state index is 5.93. The SMILES string of the molecule is C(=N/Nc1nc(N2CCCCC2)nc(N2CCCCC2)n1)/c1cn(CCOc2ccccc2)c2ccccc12. The number of nitrogens with zero attached hydrogens (tertiary/aromatic N) is 7. The van der Waals surface area contributed by atoms with Gasteiger partial charge in [-0.3, -0.25) is 0 Å². The number of ether oxygens (including phenoxy) is 1. The molecule has 0 aliphatic carbocycles. The fraction of sp³-hybridized carbons (Fsp3) is 0.400. The summed E-state index contributed by atoms with van der Waals surface area (Å²) in [5.41, 5.74) is 5.29. The third-order valence-corrected chi connectivity index (χ3v) is 7.42. The third kappa shape index (κ3) is 6.13. The molecule has 2 aromatic heterocycles. The number of rotatable bonds is 9. The summed E-state index contributed by atoms with van der Waals surface area (Å²) < 4.78 is 8.15. The molecule has 2 saturated heterocycles. The Balaban J connectivity index is 1.20. The number of para-hydroxylation sites is 2. The molecule has 2 aromatic carbocycles. The lowest BCUT2D eigenvalue weighted by Gasteiger charge is -2.30. The molecule has 0 atom stereocenters. The van der Waals surface area contributed by atoms with Crippen molar-refractivity contribution in [3.05, 3.63) is 66.4 Å². The molecule has 0 bridgehead atoms. The van der Waals surface area contributed by atoms with E-state index in [9.17, 15) is 0 Å². The number of hydrogen-bond donors (Lipinski definition) is 1. The van der Waals surface area contributed by atoms with Gasteiger partial charge in [0.05, 0.1) is 12.8 Å². The van der Waals surface area contributed by atoms with E-state index in [-0.39, 0.29) is 0 Å². The molecule has 0 saturated carbocycles. The van der Waals surface area contributed by atoms with Crippen LogP contribution in [0.15, 0.2) is 65.9 Å². The van der Waals surface area contributed by atoms with Crippen LogP contribution in [0.1, 0.15) is 44.1 Å². The Morgan fingerprint density at radius 3 is 2.10 bits per heavy atom. The van der Waals surface area contributed by atoms with Gasteiger partial charge >= 0.3 is 0 Å². The van der Waals surface area contributed by atoms with Crippen LogP contribution >= 0.6 is 0 Å². The second kappa shape index (κ2) is 12.1. The Hall–Kier alpha value is -4.14. The highest BCUT2D eigenvalue weighted by Crippen LogP contribution is 2.23. The first-order chi connectivity index (χ1) is 19.3. The van der Waals surface area contributed by atoms with Gasteiger partial charge < -0.3 is 19.1 Å². The minimum absolute atomic E-state index is 0.488. The van der Waals surface area contributed by atoms with Crippen molar-refractivity contribution in [2.24, 2.45) is 5.10 Å². The zero-order valence-electron chi connectivity index (χ0n) is 22.4. The number of hydrogen-bond acceptors (Lipinski definition) is 8. The quantitative estimate of drug-likeness (QED) is 0.234. The van der Waals surface area contributed by atoms with Crippen LogP contribution in [0, 0.1) is 0 Å². The maximum atomic E-state index is 5.93. The van der Waals surface area contributed by atoms with Gasteiger partial charge in [-0.15, -0.1) is 0 Å². The van der Waals surface area contributed by atoms with Crippen LogP contribution in [-0.2, 0) is 6.54 Å². The lowest BCUT2D eigenvalue weighted by atomic mass is 10.1. The van der Waals surface area contributed by atoms with Crippen molar-refractivity contribution in [2.45, 2.75) is 45.1 Å². The summed E-state index contributed by atoms with van der Waals surface area (Å²) in [5.74, 6) is 2.86. The van der Waals surface area contributed by atoms with Gasteiger partial charge in [-0.05, 0) is 56.7 Å². The van der Waals surface area contributed by atoms with E-state index in [1.807, 2.05) is 36.5 Å². The molecule has 4 heterocycles. The summed E-state index contributed by atoms with van der Waals surface area (Å²) in [6.45, 7) is 5.27. The predicted octanol–water partition coefficient (Wildman–Crippen LogP) is 5.33. The van der Waals surface area contributed by atoms with Gasteiger partial charge in [0, 0.05) is 48.8 Å². The zero-order valence-corrected chi connectivity index (χ0v) is 22.4. The van der Waals surface area contributed by atoms with E-state index in [0.717, 1.165) is 66.8 Å². The molecule has 0 spiro atoms. The average Bonchev–Trinajstić information content (AvgIpc) is 3.36. The van der Waals surface area contributed by atoms with Crippen LogP contribution in [0.3, 0.4) is 0 Å². The van der Waals surface area contributed by atoms with Crippen LogP contribution in [0.2, 0.25) is 0 Å². The molecule has 2 fully saturated rings. The molecule has 4 aromatic rings. The van der Waals surface area contributed by atoms with E-state index in [1.165, 1.54) is 38.5 Å². The molecule has 0 unspecified atom stereocenters. The Kier molecular flexibility index (Phi) is 7.84. The zero-order chi connectivity index (χ0) is 26.3. The molecule has 0 amide bonds. The van der Waals surface area contributed by atoms with E-state index in [1.54, 1.807) is 0 Å². The third-order valence-electron chi connectivity index (χ3n) is 7.42. The van der Waals surface area contributed by atoms with Crippen molar-refractivity contribution in [1.82, 2.24) is 19.5 Å². The summed E-state index contributed by atoms with van der Waals surface area (Å²) in [4.78, 5) is 18.9. The number of hydrazone groups is 1. The molecule has 2 aliphatic heterocycles. The fourth-order valence-corrected chi connectivity index (χ4v) is 5.38. The minimum atomic E-state index is 0.488. The Labute approximate surface area is 229 Å². The van der Waals surface area contributed by atoms with E-state index >= 15 is 0 Å². The van der Waals surface area contributed by atoms with Crippen molar-refractivity contribution < 1.29 is 4.74 Å². The summed E-state index contributed by atoms with van der Waals surface area (Å²) in [6.07, 6.45) is 11.2. The first kappa shape index (κ1) is 25.2. The number of fused-ring (bicyclic) bond motifs is 1. The molecule has 2 aliphatic rings. The van der Waals surface area contributed by atoms with Gasteiger partial charge in [-0.2, -0.15) is 20.1 Å². The van der Waals surface area contributed by atoms with E-state index in [4.69, 9.17) is 19.7 Å². The molecule has 9 heteroatoms. The summed E-state index contributed by atoms with van der Waals surface area (Å²) in [6, 6.07) is 18.3. The number of benzene rings is 2. The first-order valence-electron chi connectivity index (χ1n) is 14.1. The van der Waals surface area contributed by atoms with Crippen LogP contribution < -0.4 is 20.0 Å². The van der Waals surface area contributed by atoms with E-state index < -0.39 is 0 Å². The van der Waals surface area contributed by atoms with Crippen molar-refractivity contribution in [3.8, 4) is 5.75 Å². The number of anilines is 3. The summed E-state index contributed by atoms with van der Waals surface area (Å²) in [5, 5.41) is 5.71. The Morgan fingerprint density at radius 1 is 0.769 bits per heavy atom. The summed E-state index contributed by atoms with van der Waals surface area (Å²) in [7, 11) is 0. The second-order valence-corrected chi connectivity index (χ2v) is 10.2. The van der Waals surface area contributed by atoms with Gasteiger partial charge in [0.15, 0.2) is 0 Å². The maximum Gasteiger partial charge on any atom is 0.250 e. The van der Waals surface area contributed by atoms with Crippen molar-refractivity contribution >= 4 is 35.0 Å². The van der Waals surface area contributed by atoms with Crippen LogP contribution in [0.4, 0.5) is 17.8 Å². The smallest absolute Gasteiger partial charge is 0.250 e. The molecule has 6 rings (SSSR count). The summed E-state index contributed by atoms with van der Waals surface area (Å²) >= 11 is 0. The second-order valence-electron chi connectivity index (χ2n) is 10.2. The van der Waals surface area contributed by atoms with Gasteiger partial charge in [0.25, 0.3) is 0 Å². The molecule has 202 valence electrons. The predicted molar refractivity (Wildman–Crippen MR) is 157 cm³/mol. The normalized spacial score (nSPS) is 16.2. The standard InChI is InChI=1S/C30H36N8O/c1-4-12-25(13-5-1)39-21-20-38-23-24(26-14-6-7-15-27(26)38)22-31-35-28-32-29(36-16-8-2-9-17-36)34-30(33-28)37-18-10-3-11-19-37/h1,4-7,12-15,22-23H,2-3,8-11,16-21H2,(H,32,33,34,35)/b31-22-. The lowest BCUT2D eigenvalue weighted by Crippen LogP contribution is -2.34. The average molecular weight is 525 g/mol. The van der Waals surface area contributed by atoms with Gasteiger partial charge in [-0.1, -0.05) is 36.4 Å². The molecule has 9 nitrogen and oxygen atoms in total. The van der Waals surface area contributed by atoms with Crippen LogP contribution in [-0.4, -0.2) is 58.5 Å². The Morgan fingerprint density at radius 2 is 1.41 bits per heavy atom. The highest BCUT2D eigenvalue weighted by molar-refractivity contribution is 5.99. The monoisotopic (exact) mass is 524 g/mol. The largest absolute Gasteiger partial charge is 0.492 e. The Bertz CT molecular complexity index is 1350. The fourth-order valence-electron chi connectivity index (χ4n) is 5.38. The topological polar surface area (TPSA) is 83.7 Å². The van der Waals surface area contributed by atoms with Crippen molar-refractivity contribution in [3.63, 3.8) is 0 Å². The number of aromatic nitrogens is 4. The van der Waals surface area contributed by atoms with E-state index in [0.29, 0.717) is 12.6 Å². The molecule has 39 heavy (non-hydrogen) atoms. The van der Waals surface area contributed by atoms with Crippen molar-refractivity contribution in [2.75, 3.05) is 48.0 Å². The van der Waals surface area contributed by atoms with Crippen LogP contribution in [0.25, 0.3) is 10.9 Å². The molecule has 0 radical (unpaired) electrons. The van der Waals surface area contributed by atoms with Crippen molar-refractivity contribution in [1.29, 1.82) is 0 Å². The highest BCUT2D eigenvalue weighted by Gasteiger charge is 2.20. The number of piperidine rings is 2. The molecular formula is C30H36N8O. The highest BCUT2D eigenvalue weighted by atomic mass is 16.5. The van der Waals surface area contributed by atoms with Gasteiger partial charge in [0.2, 0.25) is 17.8 Å². The van der Waals surface area contributed by atoms with Crippen LogP contribution in [0.5, 0.6) is 5.75 Å². The first-order valence-corrected chi connectivity index (χ1v) is 14.1. The minimum Gasteiger partial charge on any atom is -0.492 e. The van der Waals surface area contributed by atoms with Gasteiger partial charge in [-0.25, -0.2) is 5.43 Å². The van der Waals surface area contributed by atoms with E-state index in [2.05, 4.69) is 55.4 Å². The molecular weight excluding hydrogens is 488 g/mol.